The molecule has 2 aliphatic heterocycles. The van der Waals surface area contributed by atoms with Crippen LogP contribution in [0.5, 0.6) is 0 Å². The van der Waals surface area contributed by atoms with E-state index in [1.165, 1.54) is 4.88 Å². The Labute approximate surface area is 182 Å². The number of piperidine rings is 1. The SMILES string of the molecule is CC(=O)N1CCN(C(=O)c2ccc(C)nc2C2CCN(Cc3cccs3)CC2)CC1. The molecule has 2 aromatic rings. The van der Waals surface area contributed by atoms with Crippen molar-refractivity contribution in [2.45, 2.75) is 39.2 Å². The van der Waals surface area contributed by atoms with Crippen LogP contribution in [0.25, 0.3) is 0 Å². The Hall–Kier alpha value is -2.25. The number of hydrogen-bond donors (Lipinski definition) is 0. The molecule has 2 aromatic heterocycles. The molecule has 2 saturated heterocycles. The third-order valence-corrected chi connectivity index (χ3v) is 7.10. The number of hydrogen-bond acceptors (Lipinski definition) is 5. The van der Waals surface area contributed by atoms with Crippen LogP contribution in [-0.4, -0.2) is 70.8 Å². The average molecular weight is 427 g/mol. The van der Waals surface area contributed by atoms with Gasteiger partial charge >= 0.3 is 0 Å². The number of rotatable bonds is 4. The molecular formula is C23H30N4O2S. The van der Waals surface area contributed by atoms with Crippen molar-refractivity contribution >= 4 is 23.2 Å². The quantitative estimate of drug-likeness (QED) is 0.754. The summed E-state index contributed by atoms with van der Waals surface area (Å²) in [6.45, 7) is 9.05. The summed E-state index contributed by atoms with van der Waals surface area (Å²) < 4.78 is 0. The highest BCUT2D eigenvalue weighted by atomic mass is 32.1. The summed E-state index contributed by atoms with van der Waals surface area (Å²) in [6.07, 6.45) is 2.06. The first-order valence-electron chi connectivity index (χ1n) is 10.8. The van der Waals surface area contributed by atoms with Crippen LogP contribution in [0, 0.1) is 6.92 Å². The molecule has 0 aliphatic carbocycles. The summed E-state index contributed by atoms with van der Waals surface area (Å²) in [7, 11) is 0. The Morgan fingerprint density at radius 1 is 1.03 bits per heavy atom. The minimum Gasteiger partial charge on any atom is -0.339 e. The van der Waals surface area contributed by atoms with Gasteiger partial charge in [0.2, 0.25) is 5.91 Å². The van der Waals surface area contributed by atoms with Gasteiger partial charge in [0.15, 0.2) is 0 Å². The molecule has 0 unspecified atom stereocenters. The van der Waals surface area contributed by atoms with Crippen molar-refractivity contribution in [1.29, 1.82) is 0 Å². The van der Waals surface area contributed by atoms with Crippen molar-refractivity contribution < 1.29 is 9.59 Å². The fraction of sp³-hybridized carbons (Fsp3) is 0.522. The molecule has 0 saturated carbocycles. The molecule has 7 heteroatoms. The van der Waals surface area contributed by atoms with E-state index in [0.29, 0.717) is 32.1 Å². The first-order valence-corrected chi connectivity index (χ1v) is 11.7. The molecule has 0 spiro atoms. The number of carbonyl (C=O) groups excluding carboxylic acids is 2. The number of aryl methyl sites for hydroxylation is 1. The molecule has 2 aliphatic rings. The van der Waals surface area contributed by atoms with Gasteiger partial charge in [-0.05, 0) is 56.4 Å². The second-order valence-electron chi connectivity index (χ2n) is 8.31. The first kappa shape index (κ1) is 21.0. The third kappa shape index (κ3) is 4.73. The molecule has 2 amide bonds. The lowest BCUT2D eigenvalue weighted by atomic mass is 9.89. The molecule has 2 fully saturated rings. The molecule has 0 N–H and O–H groups in total. The highest BCUT2D eigenvalue weighted by Gasteiger charge is 2.29. The smallest absolute Gasteiger partial charge is 0.255 e. The number of piperazine rings is 1. The molecule has 0 radical (unpaired) electrons. The van der Waals surface area contributed by atoms with Gasteiger partial charge in [-0.3, -0.25) is 19.5 Å². The molecule has 30 heavy (non-hydrogen) atoms. The summed E-state index contributed by atoms with van der Waals surface area (Å²) in [5.41, 5.74) is 2.67. The van der Waals surface area contributed by atoms with Gasteiger partial charge in [-0.2, -0.15) is 0 Å². The predicted octanol–water partition coefficient (Wildman–Crippen LogP) is 3.14. The zero-order chi connectivity index (χ0) is 21.1. The summed E-state index contributed by atoms with van der Waals surface area (Å²) >= 11 is 1.81. The van der Waals surface area contributed by atoms with Crippen LogP contribution < -0.4 is 0 Å². The van der Waals surface area contributed by atoms with Gasteiger partial charge in [-0.25, -0.2) is 0 Å². The Kier molecular flexibility index (Phi) is 6.49. The second-order valence-corrected chi connectivity index (χ2v) is 9.35. The molecule has 160 valence electrons. The Morgan fingerprint density at radius 3 is 2.37 bits per heavy atom. The van der Waals surface area contributed by atoms with E-state index in [0.717, 1.165) is 49.4 Å². The van der Waals surface area contributed by atoms with Crippen LogP contribution in [-0.2, 0) is 11.3 Å². The first-order chi connectivity index (χ1) is 14.5. The van der Waals surface area contributed by atoms with Crippen molar-refractivity contribution in [2.75, 3.05) is 39.3 Å². The lowest BCUT2D eigenvalue weighted by Gasteiger charge is -2.35. The minimum absolute atomic E-state index is 0.0571. The molecule has 6 nitrogen and oxygen atoms in total. The summed E-state index contributed by atoms with van der Waals surface area (Å²) in [4.78, 5) is 37.3. The lowest BCUT2D eigenvalue weighted by molar-refractivity contribution is -0.130. The number of likely N-dealkylation sites (tertiary alicyclic amines) is 1. The fourth-order valence-corrected chi connectivity index (χ4v) is 5.20. The number of pyridine rings is 1. The van der Waals surface area contributed by atoms with Crippen LogP contribution >= 0.6 is 11.3 Å². The normalized spacial score (nSPS) is 18.6. The zero-order valence-electron chi connectivity index (χ0n) is 17.8. The molecular weight excluding hydrogens is 396 g/mol. The summed E-state index contributed by atoms with van der Waals surface area (Å²) in [5.74, 6) is 0.456. The largest absolute Gasteiger partial charge is 0.339 e. The van der Waals surface area contributed by atoms with Crippen molar-refractivity contribution in [3.8, 4) is 0 Å². The summed E-state index contributed by atoms with van der Waals surface area (Å²) in [5, 5.41) is 2.13. The Bertz CT molecular complexity index is 883. The highest BCUT2D eigenvalue weighted by molar-refractivity contribution is 7.09. The highest BCUT2D eigenvalue weighted by Crippen LogP contribution is 2.31. The van der Waals surface area contributed by atoms with Crippen molar-refractivity contribution in [2.24, 2.45) is 0 Å². The average Bonchev–Trinajstić information content (AvgIpc) is 3.27. The number of nitrogens with zero attached hydrogens (tertiary/aromatic N) is 4. The molecule has 0 atom stereocenters. The monoisotopic (exact) mass is 426 g/mol. The van der Waals surface area contributed by atoms with E-state index < -0.39 is 0 Å². The zero-order valence-corrected chi connectivity index (χ0v) is 18.7. The fourth-order valence-electron chi connectivity index (χ4n) is 4.45. The van der Waals surface area contributed by atoms with Gasteiger partial charge in [0.05, 0.1) is 11.3 Å². The molecule has 4 rings (SSSR count). The van der Waals surface area contributed by atoms with Gasteiger partial charge in [0, 0.05) is 56.1 Å². The Balaban J connectivity index is 1.43. The maximum Gasteiger partial charge on any atom is 0.255 e. The van der Waals surface area contributed by atoms with Gasteiger partial charge in [0.25, 0.3) is 5.91 Å². The van der Waals surface area contributed by atoms with Gasteiger partial charge in [0.1, 0.15) is 0 Å². The van der Waals surface area contributed by atoms with E-state index >= 15 is 0 Å². The number of amides is 2. The Morgan fingerprint density at radius 2 is 1.73 bits per heavy atom. The number of thiophene rings is 1. The number of carbonyl (C=O) groups is 2. The van der Waals surface area contributed by atoms with E-state index in [2.05, 4.69) is 22.4 Å². The van der Waals surface area contributed by atoms with Crippen LogP contribution in [0.4, 0.5) is 0 Å². The standard InChI is InChI=1S/C23H30N4O2S/c1-17-5-6-21(23(29)27-13-11-26(12-14-27)18(2)28)22(24-17)19-7-9-25(10-8-19)16-20-4-3-15-30-20/h3-6,15,19H,7-14,16H2,1-2H3. The van der Waals surface area contributed by atoms with E-state index in [4.69, 9.17) is 4.98 Å². The van der Waals surface area contributed by atoms with Crippen molar-refractivity contribution in [3.63, 3.8) is 0 Å². The third-order valence-electron chi connectivity index (χ3n) is 6.24. The van der Waals surface area contributed by atoms with Crippen LogP contribution in [0.2, 0.25) is 0 Å². The summed E-state index contributed by atoms with van der Waals surface area (Å²) in [6, 6.07) is 8.20. The topological polar surface area (TPSA) is 56.8 Å². The van der Waals surface area contributed by atoms with Gasteiger partial charge < -0.3 is 9.80 Å². The van der Waals surface area contributed by atoms with Crippen molar-refractivity contribution in [3.05, 3.63) is 51.5 Å². The van der Waals surface area contributed by atoms with Gasteiger partial charge in [-0.1, -0.05) is 6.07 Å². The number of aromatic nitrogens is 1. The second kappa shape index (κ2) is 9.27. The van der Waals surface area contributed by atoms with E-state index in [1.807, 2.05) is 35.3 Å². The molecule has 0 aromatic carbocycles. The predicted molar refractivity (Wildman–Crippen MR) is 119 cm³/mol. The minimum atomic E-state index is 0.0571. The van der Waals surface area contributed by atoms with Crippen molar-refractivity contribution in [1.82, 2.24) is 19.7 Å². The van der Waals surface area contributed by atoms with Gasteiger partial charge in [-0.15, -0.1) is 11.3 Å². The van der Waals surface area contributed by atoms with Crippen LogP contribution in [0.1, 0.15) is 52.3 Å². The van der Waals surface area contributed by atoms with Crippen LogP contribution in [0.15, 0.2) is 29.6 Å². The lowest BCUT2D eigenvalue weighted by Crippen LogP contribution is -2.50. The molecule has 4 heterocycles. The van der Waals surface area contributed by atoms with E-state index in [1.54, 1.807) is 11.8 Å². The van der Waals surface area contributed by atoms with E-state index in [-0.39, 0.29) is 11.8 Å². The maximum atomic E-state index is 13.3. The van der Waals surface area contributed by atoms with E-state index in [9.17, 15) is 9.59 Å². The maximum absolute atomic E-state index is 13.3. The van der Waals surface area contributed by atoms with Crippen LogP contribution in [0.3, 0.4) is 0 Å². The molecule has 0 bridgehead atoms.